The number of fused-ring (bicyclic) bond motifs is 3. The van der Waals surface area contributed by atoms with Crippen molar-refractivity contribution in [2.75, 3.05) is 36.0 Å². The van der Waals surface area contributed by atoms with Crippen molar-refractivity contribution in [3.05, 3.63) is 75.9 Å². The fourth-order valence-corrected chi connectivity index (χ4v) is 5.11. The topological polar surface area (TPSA) is 93.7 Å². The van der Waals surface area contributed by atoms with Crippen LogP contribution in [0, 0.1) is 21.4 Å². The van der Waals surface area contributed by atoms with E-state index in [1.807, 2.05) is 18.2 Å². The molecule has 1 saturated heterocycles. The van der Waals surface area contributed by atoms with E-state index in [9.17, 15) is 20.2 Å². The van der Waals surface area contributed by atoms with Gasteiger partial charge in [-0.3, -0.25) is 19.8 Å². The molecule has 0 bridgehead atoms. The molecule has 8 nitrogen and oxygen atoms in total. The number of hydrogen-bond acceptors (Lipinski definition) is 6. The zero-order chi connectivity index (χ0) is 22.2. The third-order valence-electron chi connectivity index (χ3n) is 6.63. The minimum absolute atomic E-state index is 0.0372. The van der Waals surface area contributed by atoms with E-state index >= 15 is 0 Å². The number of benzene rings is 2. The Morgan fingerprint density at radius 2 is 1.78 bits per heavy atom. The molecule has 0 saturated carbocycles. The van der Waals surface area contributed by atoms with Crippen LogP contribution in [0.4, 0.5) is 17.1 Å². The van der Waals surface area contributed by atoms with E-state index in [0.717, 1.165) is 37.4 Å². The van der Waals surface area contributed by atoms with Gasteiger partial charge in [0.1, 0.15) is 11.6 Å². The molecular weight excluding hydrogens is 406 g/mol. The Morgan fingerprint density at radius 3 is 2.47 bits per heavy atom. The Labute approximate surface area is 186 Å². The second-order valence-corrected chi connectivity index (χ2v) is 8.38. The zero-order valence-corrected chi connectivity index (χ0v) is 17.6. The minimum atomic E-state index is -0.462. The molecule has 3 aliphatic rings. The second-order valence-electron chi connectivity index (χ2n) is 8.38. The molecular formula is C24H23N5O3. The van der Waals surface area contributed by atoms with Gasteiger partial charge in [-0.05, 0) is 50.2 Å². The average Bonchev–Trinajstić information content (AvgIpc) is 3.43. The van der Waals surface area contributed by atoms with Gasteiger partial charge in [-0.1, -0.05) is 18.2 Å². The summed E-state index contributed by atoms with van der Waals surface area (Å²) in [5.41, 5.74) is 2.71. The molecule has 0 radical (unpaired) electrons. The largest absolute Gasteiger partial charge is 0.361 e. The standard InChI is InChI=1S/C24H23N5O3/c25-16-17-15-22-23(28(24(17)30)18-7-9-19(10-8-18)29(31)32)20-5-1-2-6-21(20)27(22)14-13-26-11-3-4-12-26/h1-2,5-10,15,22-23H,3-4,11-14H2. The monoisotopic (exact) mass is 429 g/mol. The first-order valence-corrected chi connectivity index (χ1v) is 10.9. The normalized spacial score (nSPS) is 22.3. The van der Waals surface area contributed by atoms with Crippen molar-refractivity contribution in [3.63, 3.8) is 0 Å². The summed E-state index contributed by atoms with van der Waals surface area (Å²) in [5, 5.41) is 20.8. The Kier molecular flexibility index (Phi) is 5.11. The lowest BCUT2D eigenvalue weighted by Gasteiger charge is -2.38. The van der Waals surface area contributed by atoms with E-state index in [4.69, 9.17) is 0 Å². The van der Waals surface area contributed by atoms with E-state index in [2.05, 4.69) is 21.9 Å². The highest BCUT2D eigenvalue weighted by Crippen LogP contribution is 2.47. The molecule has 5 rings (SSSR count). The fourth-order valence-electron chi connectivity index (χ4n) is 5.11. The lowest BCUT2D eigenvalue weighted by atomic mass is 9.93. The van der Waals surface area contributed by atoms with Crippen LogP contribution in [-0.4, -0.2) is 48.0 Å². The van der Waals surface area contributed by atoms with Crippen molar-refractivity contribution in [1.29, 1.82) is 5.26 Å². The number of anilines is 2. The number of amides is 1. The van der Waals surface area contributed by atoms with E-state index in [0.29, 0.717) is 5.69 Å². The molecule has 1 amide bonds. The van der Waals surface area contributed by atoms with Crippen LogP contribution in [-0.2, 0) is 4.79 Å². The minimum Gasteiger partial charge on any atom is -0.361 e. The first-order valence-electron chi connectivity index (χ1n) is 10.9. The number of para-hydroxylation sites is 1. The van der Waals surface area contributed by atoms with E-state index < -0.39 is 4.92 Å². The number of non-ortho nitro benzene ring substituents is 1. The molecule has 0 aliphatic carbocycles. The maximum Gasteiger partial charge on any atom is 0.269 e. The smallest absolute Gasteiger partial charge is 0.269 e. The van der Waals surface area contributed by atoms with Gasteiger partial charge in [0, 0.05) is 42.2 Å². The summed E-state index contributed by atoms with van der Waals surface area (Å²) in [6.07, 6.45) is 4.24. The van der Waals surface area contributed by atoms with Crippen molar-refractivity contribution in [2.24, 2.45) is 0 Å². The number of nitro benzene ring substituents is 1. The molecule has 0 N–H and O–H groups in total. The van der Waals surface area contributed by atoms with Crippen LogP contribution in [0.5, 0.6) is 0 Å². The van der Waals surface area contributed by atoms with Crippen LogP contribution in [0.3, 0.4) is 0 Å². The highest BCUT2D eigenvalue weighted by molar-refractivity contribution is 6.10. The van der Waals surface area contributed by atoms with Crippen LogP contribution in [0.25, 0.3) is 0 Å². The van der Waals surface area contributed by atoms with Crippen molar-refractivity contribution < 1.29 is 9.72 Å². The molecule has 2 aromatic rings. The summed E-state index contributed by atoms with van der Waals surface area (Å²) in [6.45, 7) is 3.95. The average molecular weight is 429 g/mol. The van der Waals surface area contributed by atoms with E-state index in [-0.39, 0.29) is 29.3 Å². The molecule has 8 heteroatoms. The van der Waals surface area contributed by atoms with Gasteiger partial charge in [-0.2, -0.15) is 5.26 Å². The predicted octanol–water partition coefficient (Wildman–Crippen LogP) is 3.42. The zero-order valence-electron chi connectivity index (χ0n) is 17.6. The molecule has 2 unspecified atom stereocenters. The van der Waals surface area contributed by atoms with Gasteiger partial charge in [0.05, 0.1) is 17.0 Å². The van der Waals surface area contributed by atoms with Crippen LogP contribution >= 0.6 is 0 Å². The van der Waals surface area contributed by atoms with Crippen molar-refractivity contribution >= 4 is 23.0 Å². The highest BCUT2D eigenvalue weighted by atomic mass is 16.6. The Balaban J connectivity index is 1.55. The number of rotatable bonds is 5. The van der Waals surface area contributed by atoms with Gasteiger partial charge in [0.25, 0.3) is 11.6 Å². The summed E-state index contributed by atoms with van der Waals surface area (Å²) in [6, 6.07) is 15.6. The summed E-state index contributed by atoms with van der Waals surface area (Å²) in [7, 11) is 0. The van der Waals surface area contributed by atoms with Crippen LogP contribution in [0.15, 0.2) is 60.2 Å². The number of likely N-dealkylation sites (tertiary alicyclic amines) is 1. The third-order valence-corrected chi connectivity index (χ3v) is 6.63. The number of carbonyl (C=O) groups is 1. The van der Waals surface area contributed by atoms with Crippen LogP contribution in [0.1, 0.15) is 24.4 Å². The van der Waals surface area contributed by atoms with Crippen molar-refractivity contribution in [2.45, 2.75) is 24.9 Å². The SMILES string of the molecule is N#CC1=CC2C(c3ccccc3N2CCN2CCCC2)N(c2ccc([N+](=O)[O-])cc2)C1=O. The molecule has 1 fully saturated rings. The van der Waals surface area contributed by atoms with Crippen molar-refractivity contribution in [1.82, 2.24) is 4.90 Å². The summed E-state index contributed by atoms with van der Waals surface area (Å²) in [4.78, 5) is 30.3. The number of carbonyl (C=O) groups excluding carboxylic acids is 1. The first kappa shape index (κ1) is 20.2. The van der Waals surface area contributed by atoms with Gasteiger partial charge >= 0.3 is 0 Å². The molecule has 32 heavy (non-hydrogen) atoms. The van der Waals surface area contributed by atoms with Gasteiger partial charge in [-0.25, -0.2) is 0 Å². The van der Waals surface area contributed by atoms with E-state index in [1.54, 1.807) is 23.1 Å². The number of nitro groups is 1. The molecule has 3 aliphatic heterocycles. The molecule has 2 atom stereocenters. The quantitative estimate of drug-likeness (QED) is 0.534. The number of hydrogen-bond donors (Lipinski definition) is 0. The van der Waals surface area contributed by atoms with Crippen LogP contribution < -0.4 is 9.80 Å². The Bertz CT molecular complexity index is 1130. The van der Waals surface area contributed by atoms with Gasteiger partial charge in [0.2, 0.25) is 0 Å². The lowest BCUT2D eigenvalue weighted by molar-refractivity contribution is -0.384. The summed E-state index contributed by atoms with van der Waals surface area (Å²) in [5.74, 6) is -0.376. The van der Waals surface area contributed by atoms with Gasteiger partial charge in [-0.15, -0.1) is 0 Å². The van der Waals surface area contributed by atoms with E-state index in [1.165, 1.54) is 25.0 Å². The second kappa shape index (κ2) is 8.09. The maximum absolute atomic E-state index is 13.3. The molecule has 0 spiro atoms. The molecule has 2 aromatic carbocycles. The molecule has 162 valence electrons. The first-order chi connectivity index (χ1) is 15.6. The summed E-state index contributed by atoms with van der Waals surface area (Å²) >= 11 is 0. The fraction of sp³-hybridized carbons (Fsp3) is 0.333. The maximum atomic E-state index is 13.3. The molecule has 0 aromatic heterocycles. The number of nitrogens with zero attached hydrogens (tertiary/aromatic N) is 5. The highest BCUT2D eigenvalue weighted by Gasteiger charge is 2.47. The lowest BCUT2D eigenvalue weighted by Crippen LogP contribution is -2.49. The van der Waals surface area contributed by atoms with Gasteiger partial charge in [0.15, 0.2) is 0 Å². The van der Waals surface area contributed by atoms with Gasteiger partial charge < -0.3 is 9.80 Å². The summed E-state index contributed by atoms with van der Waals surface area (Å²) < 4.78 is 0. The van der Waals surface area contributed by atoms with Crippen molar-refractivity contribution in [3.8, 4) is 6.07 Å². The predicted molar refractivity (Wildman–Crippen MR) is 120 cm³/mol. The number of nitriles is 1. The third kappa shape index (κ3) is 3.31. The molecule has 3 heterocycles. The van der Waals surface area contributed by atoms with Crippen LogP contribution in [0.2, 0.25) is 0 Å². The Morgan fingerprint density at radius 1 is 1.06 bits per heavy atom. The Hall–Kier alpha value is -3.70.